The maximum Gasteiger partial charge on any atom is 0.312 e. The van der Waals surface area contributed by atoms with Crippen LogP contribution in [0.15, 0.2) is 0 Å². The number of carbonyl (C=O) groups excluding carboxylic acids is 2. The van der Waals surface area contributed by atoms with E-state index in [-0.39, 0.29) is 24.5 Å². The van der Waals surface area contributed by atoms with Gasteiger partial charge in [0.15, 0.2) is 6.29 Å². The SMILES string of the molecule is CC(=O)O[C@@H]1C[C@@]2(CO2)[C@]2(CC[C@@]3(COC(O)C3)O2)[C@]23CCC[C@](C)(C(=O)OC2)[C@H]13. The number of rotatable bonds is 1. The number of fused-ring (bicyclic) bond motifs is 1. The minimum Gasteiger partial charge on any atom is -0.465 e. The molecule has 6 rings (SSSR count). The van der Waals surface area contributed by atoms with Crippen LogP contribution in [0.4, 0.5) is 0 Å². The van der Waals surface area contributed by atoms with E-state index in [9.17, 15) is 14.7 Å². The zero-order valence-electron chi connectivity index (χ0n) is 17.6. The van der Waals surface area contributed by atoms with Crippen LogP contribution in [0, 0.1) is 16.7 Å². The van der Waals surface area contributed by atoms with Gasteiger partial charge in [-0.05, 0) is 32.6 Å². The summed E-state index contributed by atoms with van der Waals surface area (Å²) in [5, 5.41) is 10.1. The van der Waals surface area contributed by atoms with E-state index >= 15 is 0 Å². The molecule has 1 N–H and O–H groups in total. The van der Waals surface area contributed by atoms with Crippen molar-refractivity contribution in [3.05, 3.63) is 0 Å². The van der Waals surface area contributed by atoms with E-state index in [0.717, 1.165) is 25.7 Å². The number of hydrogen-bond acceptors (Lipinski definition) is 8. The monoisotopic (exact) mass is 422 g/mol. The molecule has 0 aromatic rings. The summed E-state index contributed by atoms with van der Waals surface area (Å²) in [6, 6.07) is 0. The maximum atomic E-state index is 13.0. The third-order valence-electron chi connectivity index (χ3n) is 9.19. The second kappa shape index (κ2) is 5.77. The Labute approximate surface area is 175 Å². The Bertz CT molecular complexity index is 809. The highest BCUT2D eigenvalue weighted by atomic mass is 16.7. The number of ether oxygens (including phenoxy) is 5. The Hall–Kier alpha value is -1.22. The molecule has 4 aliphatic heterocycles. The molecule has 0 radical (unpaired) electrons. The summed E-state index contributed by atoms with van der Waals surface area (Å²) in [6.07, 6.45) is 3.73. The molecule has 2 aliphatic carbocycles. The fourth-order valence-electron chi connectivity index (χ4n) is 8.08. The number of esters is 2. The van der Waals surface area contributed by atoms with Crippen LogP contribution in [0.3, 0.4) is 0 Å². The molecule has 6 fully saturated rings. The van der Waals surface area contributed by atoms with Crippen LogP contribution in [0.5, 0.6) is 0 Å². The van der Waals surface area contributed by atoms with Crippen LogP contribution in [0.1, 0.15) is 58.8 Å². The van der Waals surface area contributed by atoms with E-state index in [1.165, 1.54) is 6.92 Å². The third-order valence-corrected chi connectivity index (χ3v) is 9.19. The van der Waals surface area contributed by atoms with Gasteiger partial charge in [0, 0.05) is 31.1 Å². The van der Waals surface area contributed by atoms with Gasteiger partial charge in [-0.1, -0.05) is 6.42 Å². The zero-order chi connectivity index (χ0) is 21.0. The van der Waals surface area contributed by atoms with Gasteiger partial charge in [0.1, 0.15) is 23.9 Å². The van der Waals surface area contributed by atoms with Gasteiger partial charge < -0.3 is 28.8 Å². The highest BCUT2D eigenvalue weighted by molar-refractivity contribution is 5.79. The van der Waals surface area contributed by atoms with E-state index in [1.54, 1.807) is 0 Å². The molecule has 1 unspecified atom stereocenters. The van der Waals surface area contributed by atoms with Crippen molar-refractivity contribution < 1.29 is 38.4 Å². The largest absolute Gasteiger partial charge is 0.465 e. The summed E-state index contributed by atoms with van der Waals surface area (Å²) in [5.74, 6) is -0.713. The Balaban J connectivity index is 1.50. The van der Waals surface area contributed by atoms with Gasteiger partial charge in [0.25, 0.3) is 0 Å². The summed E-state index contributed by atoms with van der Waals surface area (Å²) >= 11 is 0. The maximum absolute atomic E-state index is 13.0. The molecule has 8 heteroatoms. The zero-order valence-corrected chi connectivity index (χ0v) is 17.6. The molecular formula is C22H30O8. The lowest BCUT2D eigenvalue weighted by Crippen LogP contribution is -2.76. The van der Waals surface area contributed by atoms with Crippen molar-refractivity contribution in [1.82, 2.24) is 0 Å². The number of aliphatic hydroxyl groups is 1. The minimum atomic E-state index is -0.817. The van der Waals surface area contributed by atoms with E-state index in [2.05, 4.69) is 0 Å². The first-order valence-electron chi connectivity index (χ1n) is 11.2. The molecule has 0 amide bonds. The molecule has 2 saturated carbocycles. The van der Waals surface area contributed by atoms with Crippen LogP contribution in [-0.2, 0) is 33.3 Å². The van der Waals surface area contributed by atoms with Crippen molar-refractivity contribution >= 4 is 11.9 Å². The van der Waals surface area contributed by atoms with Gasteiger partial charge in [-0.15, -0.1) is 0 Å². The highest BCUT2D eigenvalue weighted by Crippen LogP contribution is 2.74. The second-order valence-corrected chi connectivity index (χ2v) is 10.7. The van der Waals surface area contributed by atoms with Crippen molar-refractivity contribution in [2.75, 3.05) is 19.8 Å². The van der Waals surface area contributed by atoms with Gasteiger partial charge >= 0.3 is 11.9 Å². The number of epoxide rings is 1. The van der Waals surface area contributed by atoms with Crippen LogP contribution in [-0.4, -0.2) is 66.1 Å². The standard InChI is InChI=1S/C22H30O8/c1-13(23)29-14-8-21(12-28-21)22(7-6-19(30-22)9-15(24)26-10-19)20-5-3-4-18(2,16(14)20)17(25)27-11-20/h14-16,24H,3-12H2,1-2H3/t14-,15?,16+,18+,19-,20-,21-,22+/m1/s1. The minimum absolute atomic E-state index is 0.180. The van der Waals surface area contributed by atoms with Crippen LogP contribution in [0.2, 0.25) is 0 Å². The molecule has 3 spiro atoms. The molecule has 0 aromatic carbocycles. The number of hydrogen-bond donors (Lipinski definition) is 1. The molecule has 30 heavy (non-hydrogen) atoms. The average Bonchev–Trinajstić information content (AvgIpc) is 3.21. The average molecular weight is 422 g/mol. The summed E-state index contributed by atoms with van der Waals surface area (Å²) in [7, 11) is 0. The Morgan fingerprint density at radius 1 is 1.13 bits per heavy atom. The topological polar surface area (TPSA) is 104 Å². The van der Waals surface area contributed by atoms with Crippen molar-refractivity contribution in [1.29, 1.82) is 0 Å². The van der Waals surface area contributed by atoms with Gasteiger partial charge in [0.2, 0.25) is 0 Å². The molecular weight excluding hydrogens is 392 g/mol. The summed E-state index contributed by atoms with van der Waals surface area (Å²) in [5.41, 5.74) is -2.94. The van der Waals surface area contributed by atoms with Crippen LogP contribution < -0.4 is 0 Å². The highest BCUT2D eigenvalue weighted by Gasteiger charge is 2.84. The number of cyclic esters (lactones) is 1. The lowest BCUT2D eigenvalue weighted by Gasteiger charge is -2.67. The predicted octanol–water partition coefficient (Wildman–Crippen LogP) is 1.47. The van der Waals surface area contributed by atoms with E-state index in [1.807, 2.05) is 6.92 Å². The van der Waals surface area contributed by atoms with Gasteiger partial charge in [-0.25, -0.2) is 0 Å². The van der Waals surface area contributed by atoms with E-state index in [0.29, 0.717) is 32.5 Å². The molecule has 2 bridgehead atoms. The third kappa shape index (κ3) is 2.16. The normalized spacial score (nSPS) is 56.2. The predicted molar refractivity (Wildman–Crippen MR) is 100 cm³/mol. The lowest BCUT2D eigenvalue weighted by atomic mass is 9.41. The summed E-state index contributed by atoms with van der Waals surface area (Å²) in [4.78, 5) is 25.0. The fourth-order valence-corrected chi connectivity index (χ4v) is 8.08. The van der Waals surface area contributed by atoms with Gasteiger partial charge in [0.05, 0.1) is 24.2 Å². The van der Waals surface area contributed by atoms with Crippen LogP contribution >= 0.6 is 0 Å². The quantitative estimate of drug-likeness (QED) is 0.500. The van der Waals surface area contributed by atoms with E-state index < -0.39 is 40.0 Å². The molecule has 0 aromatic heterocycles. The molecule has 4 heterocycles. The summed E-state index contributed by atoms with van der Waals surface area (Å²) < 4.78 is 30.4. The number of carbonyl (C=O) groups is 2. The first-order chi connectivity index (χ1) is 14.2. The Kier molecular flexibility index (Phi) is 3.74. The molecule has 4 saturated heterocycles. The van der Waals surface area contributed by atoms with Crippen molar-refractivity contribution in [2.45, 2.75) is 88.0 Å². The van der Waals surface area contributed by atoms with Crippen molar-refractivity contribution in [3.8, 4) is 0 Å². The van der Waals surface area contributed by atoms with Gasteiger partial charge in [-0.2, -0.15) is 0 Å². The first kappa shape index (κ1) is 19.5. The van der Waals surface area contributed by atoms with Crippen molar-refractivity contribution in [3.63, 3.8) is 0 Å². The van der Waals surface area contributed by atoms with Gasteiger partial charge in [-0.3, -0.25) is 9.59 Å². The van der Waals surface area contributed by atoms with Crippen molar-refractivity contribution in [2.24, 2.45) is 16.7 Å². The smallest absolute Gasteiger partial charge is 0.312 e. The number of aliphatic hydroxyl groups excluding tert-OH is 1. The summed E-state index contributed by atoms with van der Waals surface area (Å²) in [6.45, 7) is 4.56. The fraction of sp³-hybridized carbons (Fsp3) is 0.909. The Morgan fingerprint density at radius 3 is 2.60 bits per heavy atom. The second-order valence-electron chi connectivity index (χ2n) is 10.7. The van der Waals surface area contributed by atoms with E-state index in [4.69, 9.17) is 23.7 Å². The molecule has 166 valence electrons. The molecule has 6 aliphatic rings. The lowest BCUT2D eigenvalue weighted by molar-refractivity contribution is -0.311. The Morgan fingerprint density at radius 2 is 1.93 bits per heavy atom. The van der Waals surface area contributed by atoms with Crippen LogP contribution in [0.25, 0.3) is 0 Å². The molecule has 8 nitrogen and oxygen atoms in total. The molecule has 8 atom stereocenters. The first-order valence-corrected chi connectivity index (χ1v) is 11.2.